The first kappa shape index (κ1) is 25.9. The van der Waals surface area contributed by atoms with Gasteiger partial charge in [-0.3, -0.25) is 9.59 Å². The number of nitrogens with zero attached hydrogens (tertiary/aromatic N) is 1. The number of hydrogen-bond acceptors (Lipinski definition) is 4. The van der Waals surface area contributed by atoms with E-state index in [-0.39, 0.29) is 23.7 Å². The van der Waals surface area contributed by atoms with E-state index in [1.54, 1.807) is 12.1 Å². The predicted octanol–water partition coefficient (Wildman–Crippen LogP) is 4.01. The Bertz CT molecular complexity index is 1140. The van der Waals surface area contributed by atoms with Gasteiger partial charge in [0.25, 0.3) is 0 Å². The van der Waals surface area contributed by atoms with Gasteiger partial charge >= 0.3 is 0 Å². The molecule has 1 aliphatic heterocycles. The fourth-order valence-corrected chi connectivity index (χ4v) is 5.48. The fourth-order valence-electron chi connectivity index (χ4n) is 3.93. The highest BCUT2D eigenvalue weighted by atomic mass is 32.2. The van der Waals surface area contributed by atoms with E-state index in [4.69, 9.17) is 0 Å². The monoisotopic (exact) mass is 485 g/mol. The van der Waals surface area contributed by atoms with E-state index >= 15 is 0 Å². The van der Waals surface area contributed by atoms with Gasteiger partial charge in [-0.2, -0.15) is 4.31 Å². The Kier molecular flexibility index (Phi) is 8.49. The van der Waals surface area contributed by atoms with Gasteiger partial charge in [0.1, 0.15) is 0 Å². The molecule has 2 N–H and O–H groups in total. The summed E-state index contributed by atoms with van der Waals surface area (Å²) < 4.78 is 27.5. The summed E-state index contributed by atoms with van der Waals surface area (Å²) in [6.07, 6.45) is 1.74. The van der Waals surface area contributed by atoms with Gasteiger partial charge in [-0.05, 0) is 74.1 Å². The van der Waals surface area contributed by atoms with E-state index in [0.29, 0.717) is 43.1 Å². The molecule has 184 valence electrons. The molecule has 1 heterocycles. The molecular weight excluding hydrogens is 450 g/mol. The summed E-state index contributed by atoms with van der Waals surface area (Å²) in [6, 6.07) is 12.6. The van der Waals surface area contributed by atoms with Crippen LogP contribution in [0.15, 0.2) is 47.4 Å². The maximum atomic E-state index is 13.0. The number of benzene rings is 2. The number of anilines is 1. The van der Waals surface area contributed by atoms with Crippen LogP contribution in [-0.2, 0) is 26.2 Å². The molecule has 0 radical (unpaired) electrons. The third-order valence-corrected chi connectivity index (χ3v) is 8.56. The zero-order valence-corrected chi connectivity index (χ0v) is 21.2. The van der Waals surface area contributed by atoms with Crippen LogP contribution in [0.1, 0.15) is 49.8 Å². The Morgan fingerprint density at radius 3 is 2.41 bits per heavy atom. The molecule has 0 bridgehead atoms. The molecule has 1 saturated heterocycles. The first-order valence-electron chi connectivity index (χ1n) is 11.9. The van der Waals surface area contributed by atoms with Crippen molar-refractivity contribution in [2.45, 2.75) is 58.4 Å². The maximum Gasteiger partial charge on any atom is 0.243 e. The largest absolute Gasteiger partial charge is 0.352 e. The van der Waals surface area contributed by atoms with Crippen molar-refractivity contribution in [1.82, 2.24) is 9.62 Å². The minimum absolute atomic E-state index is 0.0220. The first-order chi connectivity index (χ1) is 16.1. The van der Waals surface area contributed by atoms with Crippen LogP contribution in [0.2, 0.25) is 0 Å². The van der Waals surface area contributed by atoms with Gasteiger partial charge in [-0.15, -0.1) is 0 Å². The lowest BCUT2D eigenvalue weighted by Gasteiger charge is -2.30. The van der Waals surface area contributed by atoms with Crippen LogP contribution in [0.5, 0.6) is 0 Å². The molecule has 3 rings (SSSR count). The third kappa shape index (κ3) is 6.24. The van der Waals surface area contributed by atoms with Crippen LogP contribution in [0.3, 0.4) is 0 Å². The summed E-state index contributed by atoms with van der Waals surface area (Å²) in [4.78, 5) is 25.1. The number of piperidine rings is 1. The third-order valence-electron chi connectivity index (χ3n) is 6.66. The maximum absolute atomic E-state index is 13.0. The van der Waals surface area contributed by atoms with E-state index in [2.05, 4.69) is 10.6 Å². The average Bonchev–Trinajstić information content (AvgIpc) is 2.83. The van der Waals surface area contributed by atoms with Crippen molar-refractivity contribution >= 4 is 27.5 Å². The Balaban J connectivity index is 1.53. The van der Waals surface area contributed by atoms with E-state index in [9.17, 15) is 18.0 Å². The molecule has 8 heteroatoms. The van der Waals surface area contributed by atoms with E-state index in [1.165, 1.54) is 4.31 Å². The summed E-state index contributed by atoms with van der Waals surface area (Å²) in [5, 5.41) is 5.87. The number of amides is 2. The van der Waals surface area contributed by atoms with E-state index < -0.39 is 10.0 Å². The molecule has 2 amide bonds. The van der Waals surface area contributed by atoms with Gasteiger partial charge in [0.05, 0.1) is 4.90 Å². The minimum Gasteiger partial charge on any atom is -0.352 e. The van der Waals surface area contributed by atoms with Gasteiger partial charge in [0.2, 0.25) is 21.8 Å². The molecule has 0 spiro atoms. The summed E-state index contributed by atoms with van der Waals surface area (Å²) in [6.45, 7) is 8.72. The van der Waals surface area contributed by atoms with Gasteiger partial charge in [-0.25, -0.2) is 8.42 Å². The van der Waals surface area contributed by atoms with Crippen molar-refractivity contribution in [2.75, 3.05) is 18.4 Å². The highest BCUT2D eigenvalue weighted by molar-refractivity contribution is 7.89. The lowest BCUT2D eigenvalue weighted by atomic mass is 9.97. The smallest absolute Gasteiger partial charge is 0.243 e. The number of rotatable bonds is 8. The Labute approximate surface area is 203 Å². The molecule has 0 saturated carbocycles. The van der Waals surface area contributed by atoms with Crippen LogP contribution in [-0.4, -0.2) is 37.6 Å². The number of carbonyl (C=O) groups excluding carboxylic acids is 2. The first-order valence-corrected chi connectivity index (χ1v) is 13.3. The summed E-state index contributed by atoms with van der Waals surface area (Å²) >= 11 is 0. The Hall–Kier alpha value is -2.71. The van der Waals surface area contributed by atoms with Crippen molar-refractivity contribution in [3.05, 3.63) is 59.2 Å². The quantitative estimate of drug-likeness (QED) is 0.591. The van der Waals surface area contributed by atoms with Crippen molar-refractivity contribution < 1.29 is 18.0 Å². The highest BCUT2D eigenvalue weighted by Crippen LogP contribution is 2.25. The zero-order chi connectivity index (χ0) is 24.9. The number of aryl methyl sites for hydroxylation is 2. The molecule has 1 atom stereocenters. The highest BCUT2D eigenvalue weighted by Gasteiger charge is 2.32. The standard InChI is InChI=1S/C26H35N3O4S/c1-5-18(2)25(30)28-23-8-6-7-21(16-23)17-27-26(31)22-11-13-29(14-12-22)34(32,33)24-10-9-19(3)20(4)15-24/h6-10,15-16,18,22H,5,11-14,17H2,1-4H3,(H,27,31)(H,28,30). The summed E-state index contributed by atoms with van der Waals surface area (Å²) in [7, 11) is -3.56. The lowest BCUT2D eigenvalue weighted by Crippen LogP contribution is -2.42. The van der Waals surface area contributed by atoms with Crippen molar-refractivity contribution in [3.63, 3.8) is 0 Å². The molecule has 2 aromatic rings. The lowest BCUT2D eigenvalue weighted by molar-refractivity contribution is -0.126. The normalized spacial score (nSPS) is 16.1. The fraction of sp³-hybridized carbons (Fsp3) is 0.462. The van der Waals surface area contributed by atoms with Crippen LogP contribution in [0.25, 0.3) is 0 Å². The summed E-state index contributed by atoms with van der Waals surface area (Å²) in [5.41, 5.74) is 3.60. The number of sulfonamides is 1. The zero-order valence-electron chi connectivity index (χ0n) is 20.4. The van der Waals surface area contributed by atoms with Gasteiger partial charge in [-0.1, -0.05) is 32.0 Å². The topological polar surface area (TPSA) is 95.6 Å². The second kappa shape index (κ2) is 11.1. The molecule has 34 heavy (non-hydrogen) atoms. The number of nitrogens with one attached hydrogen (secondary N) is 2. The molecule has 0 aromatic heterocycles. The molecule has 2 aromatic carbocycles. The predicted molar refractivity (Wildman–Crippen MR) is 134 cm³/mol. The van der Waals surface area contributed by atoms with Crippen LogP contribution in [0.4, 0.5) is 5.69 Å². The van der Waals surface area contributed by atoms with Crippen LogP contribution in [0, 0.1) is 25.7 Å². The van der Waals surface area contributed by atoms with E-state index in [1.807, 2.05) is 58.0 Å². The average molecular weight is 486 g/mol. The Morgan fingerprint density at radius 1 is 1.06 bits per heavy atom. The van der Waals surface area contributed by atoms with Gasteiger partial charge in [0, 0.05) is 37.2 Å². The van der Waals surface area contributed by atoms with Crippen LogP contribution >= 0.6 is 0 Å². The van der Waals surface area contributed by atoms with E-state index in [0.717, 1.165) is 23.1 Å². The second-order valence-electron chi connectivity index (χ2n) is 9.14. The number of carbonyl (C=O) groups is 2. The molecule has 1 aliphatic rings. The number of hydrogen-bond donors (Lipinski definition) is 2. The van der Waals surface area contributed by atoms with Crippen LogP contribution < -0.4 is 10.6 Å². The molecule has 0 aliphatic carbocycles. The molecular formula is C26H35N3O4S. The second-order valence-corrected chi connectivity index (χ2v) is 11.1. The molecule has 7 nitrogen and oxygen atoms in total. The SMILES string of the molecule is CCC(C)C(=O)Nc1cccc(CNC(=O)C2CCN(S(=O)(=O)c3ccc(C)c(C)c3)CC2)c1. The Morgan fingerprint density at radius 2 is 1.76 bits per heavy atom. The van der Waals surface area contributed by atoms with Gasteiger partial charge < -0.3 is 10.6 Å². The van der Waals surface area contributed by atoms with Crippen molar-refractivity contribution in [1.29, 1.82) is 0 Å². The minimum atomic E-state index is -3.56. The van der Waals surface area contributed by atoms with Crippen molar-refractivity contribution in [2.24, 2.45) is 11.8 Å². The molecule has 1 fully saturated rings. The van der Waals surface area contributed by atoms with Crippen molar-refractivity contribution in [3.8, 4) is 0 Å². The molecule has 1 unspecified atom stereocenters. The van der Waals surface area contributed by atoms with Gasteiger partial charge in [0.15, 0.2) is 0 Å². The summed E-state index contributed by atoms with van der Waals surface area (Å²) in [5.74, 6) is -0.379.